The minimum atomic E-state index is -0.229. The maximum atomic E-state index is 12.0. The Balaban J connectivity index is 1.93. The molecule has 0 bridgehead atoms. The highest BCUT2D eigenvalue weighted by molar-refractivity contribution is 6.30. The maximum Gasteiger partial charge on any atom is 0.248 e. The largest absolute Gasteiger partial charge is 0.493 e. The van der Waals surface area contributed by atoms with Crippen molar-refractivity contribution in [2.45, 2.75) is 32.6 Å². The number of methoxy groups -OCH3 is 1. The number of anilines is 1. The monoisotopic (exact) mass is 387 g/mol. The Bertz CT molecular complexity index is 774. The second-order valence-corrected chi connectivity index (χ2v) is 6.59. The number of ether oxygens (including phenoxy) is 2. The molecule has 0 spiro atoms. The van der Waals surface area contributed by atoms with Gasteiger partial charge in [0.15, 0.2) is 11.5 Å². The van der Waals surface area contributed by atoms with Crippen LogP contribution in [0.3, 0.4) is 0 Å². The molecule has 0 saturated carbocycles. The summed E-state index contributed by atoms with van der Waals surface area (Å²) in [7, 11) is 1.61. The van der Waals surface area contributed by atoms with E-state index >= 15 is 0 Å². The molecule has 0 aromatic heterocycles. The maximum absolute atomic E-state index is 12.0. The molecule has 1 amide bonds. The molecule has 2 aromatic rings. The van der Waals surface area contributed by atoms with Crippen LogP contribution in [0.15, 0.2) is 48.5 Å². The van der Waals surface area contributed by atoms with Gasteiger partial charge in [-0.25, -0.2) is 0 Å². The first-order valence-corrected chi connectivity index (χ1v) is 9.55. The second-order valence-electron chi connectivity index (χ2n) is 6.15. The van der Waals surface area contributed by atoms with Gasteiger partial charge in [0.1, 0.15) is 0 Å². The van der Waals surface area contributed by atoms with Crippen LogP contribution in [0.2, 0.25) is 5.02 Å². The van der Waals surface area contributed by atoms with Crippen molar-refractivity contribution in [3.05, 3.63) is 59.1 Å². The Kier molecular flexibility index (Phi) is 8.72. The Labute approximate surface area is 166 Å². The van der Waals surface area contributed by atoms with Gasteiger partial charge >= 0.3 is 0 Å². The molecule has 0 aliphatic heterocycles. The lowest BCUT2D eigenvalue weighted by atomic mass is 10.2. The summed E-state index contributed by atoms with van der Waals surface area (Å²) in [6.45, 7) is 2.86. The van der Waals surface area contributed by atoms with Gasteiger partial charge in [0.2, 0.25) is 5.91 Å². The minimum Gasteiger partial charge on any atom is -0.493 e. The van der Waals surface area contributed by atoms with Gasteiger partial charge in [0.05, 0.1) is 13.7 Å². The van der Waals surface area contributed by atoms with Crippen LogP contribution < -0.4 is 14.8 Å². The van der Waals surface area contributed by atoms with E-state index < -0.39 is 0 Å². The van der Waals surface area contributed by atoms with Gasteiger partial charge in [-0.1, -0.05) is 49.9 Å². The van der Waals surface area contributed by atoms with Gasteiger partial charge in [-0.2, -0.15) is 0 Å². The number of nitrogens with one attached hydrogen (secondary N) is 1. The Morgan fingerprint density at radius 1 is 1.11 bits per heavy atom. The van der Waals surface area contributed by atoms with E-state index in [-0.39, 0.29) is 5.91 Å². The fraction of sp³-hybridized carbons (Fsp3) is 0.318. The Morgan fingerprint density at radius 2 is 1.96 bits per heavy atom. The van der Waals surface area contributed by atoms with Crippen molar-refractivity contribution in [3.63, 3.8) is 0 Å². The van der Waals surface area contributed by atoms with Crippen molar-refractivity contribution >= 4 is 29.3 Å². The zero-order valence-corrected chi connectivity index (χ0v) is 16.6. The molecular formula is C22H26ClNO3. The summed E-state index contributed by atoms with van der Waals surface area (Å²) in [5.41, 5.74) is 1.51. The molecule has 144 valence electrons. The number of benzene rings is 2. The smallest absolute Gasteiger partial charge is 0.248 e. The lowest BCUT2D eigenvalue weighted by Crippen LogP contribution is -2.07. The summed E-state index contributed by atoms with van der Waals surface area (Å²) in [5.74, 6) is 1.14. The van der Waals surface area contributed by atoms with Crippen LogP contribution in [0, 0.1) is 0 Å². The average Bonchev–Trinajstić information content (AvgIpc) is 2.66. The summed E-state index contributed by atoms with van der Waals surface area (Å²) in [6, 6.07) is 12.6. The van der Waals surface area contributed by atoms with Crippen LogP contribution in [0.25, 0.3) is 6.08 Å². The highest BCUT2D eigenvalue weighted by Gasteiger charge is 2.05. The van der Waals surface area contributed by atoms with E-state index in [2.05, 4.69) is 12.2 Å². The summed E-state index contributed by atoms with van der Waals surface area (Å²) in [4.78, 5) is 12.0. The molecule has 0 atom stereocenters. The highest BCUT2D eigenvalue weighted by atomic mass is 35.5. The van der Waals surface area contributed by atoms with Crippen LogP contribution in [-0.2, 0) is 4.79 Å². The zero-order valence-electron chi connectivity index (χ0n) is 15.8. The average molecular weight is 388 g/mol. The van der Waals surface area contributed by atoms with Crippen molar-refractivity contribution < 1.29 is 14.3 Å². The van der Waals surface area contributed by atoms with E-state index in [9.17, 15) is 4.79 Å². The third-order valence-corrected chi connectivity index (χ3v) is 4.20. The Hall–Kier alpha value is -2.46. The third-order valence-electron chi connectivity index (χ3n) is 3.96. The van der Waals surface area contributed by atoms with Crippen LogP contribution in [-0.4, -0.2) is 19.6 Å². The standard InChI is InChI=1S/C22H26ClNO3/c1-3-4-5-6-14-27-20-12-10-17(15-21(20)26-2)11-13-22(25)24-19-9-7-8-18(23)16-19/h7-13,15-16H,3-6,14H2,1-2H3,(H,24,25). The number of carbonyl (C=O) groups excluding carboxylic acids is 1. The van der Waals surface area contributed by atoms with Crippen molar-refractivity contribution in [1.82, 2.24) is 0 Å². The summed E-state index contributed by atoms with van der Waals surface area (Å²) in [5, 5.41) is 3.35. The van der Waals surface area contributed by atoms with Gasteiger partial charge in [0, 0.05) is 16.8 Å². The third kappa shape index (κ3) is 7.35. The zero-order chi connectivity index (χ0) is 19.5. The van der Waals surface area contributed by atoms with Gasteiger partial charge in [-0.3, -0.25) is 4.79 Å². The van der Waals surface area contributed by atoms with Crippen molar-refractivity contribution in [2.75, 3.05) is 19.0 Å². The lowest BCUT2D eigenvalue weighted by Gasteiger charge is -2.11. The fourth-order valence-electron chi connectivity index (χ4n) is 2.54. The highest BCUT2D eigenvalue weighted by Crippen LogP contribution is 2.29. The molecule has 2 rings (SSSR count). The lowest BCUT2D eigenvalue weighted by molar-refractivity contribution is -0.111. The van der Waals surface area contributed by atoms with E-state index in [0.717, 1.165) is 17.7 Å². The Morgan fingerprint density at radius 3 is 2.70 bits per heavy atom. The number of hydrogen-bond donors (Lipinski definition) is 1. The van der Waals surface area contributed by atoms with Crippen molar-refractivity contribution in [2.24, 2.45) is 0 Å². The first-order chi connectivity index (χ1) is 13.1. The topological polar surface area (TPSA) is 47.6 Å². The molecule has 5 heteroatoms. The number of hydrogen-bond acceptors (Lipinski definition) is 3. The number of carbonyl (C=O) groups is 1. The second kappa shape index (κ2) is 11.3. The van der Waals surface area contributed by atoms with Gasteiger partial charge in [-0.05, 0) is 48.4 Å². The number of halogens is 1. The summed E-state index contributed by atoms with van der Waals surface area (Å²) in [6.07, 6.45) is 7.83. The number of rotatable bonds is 10. The molecule has 0 heterocycles. The van der Waals surface area contributed by atoms with E-state index in [1.165, 1.54) is 25.3 Å². The molecule has 0 radical (unpaired) electrons. The molecule has 0 aliphatic carbocycles. The van der Waals surface area contributed by atoms with E-state index in [4.69, 9.17) is 21.1 Å². The number of unbranched alkanes of at least 4 members (excludes halogenated alkanes) is 3. The van der Waals surface area contributed by atoms with Crippen LogP contribution in [0.1, 0.15) is 38.2 Å². The fourth-order valence-corrected chi connectivity index (χ4v) is 2.73. The summed E-state index contributed by atoms with van der Waals surface area (Å²) < 4.78 is 11.2. The molecule has 0 aliphatic rings. The molecule has 0 unspecified atom stereocenters. The molecule has 1 N–H and O–H groups in total. The summed E-state index contributed by atoms with van der Waals surface area (Å²) >= 11 is 5.92. The predicted octanol–water partition coefficient (Wildman–Crippen LogP) is 5.96. The minimum absolute atomic E-state index is 0.229. The van der Waals surface area contributed by atoms with Crippen molar-refractivity contribution in [1.29, 1.82) is 0 Å². The molecule has 2 aromatic carbocycles. The molecule has 0 saturated heterocycles. The van der Waals surface area contributed by atoms with Crippen LogP contribution in [0.5, 0.6) is 11.5 Å². The molecule has 4 nitrogen and oxygen atoms in total. The van der Waals surface area contributed by atoms with E-state index in [1.54, 1.807) is 37.5 Å². The number of amides is 1. The van der Waals surface area contributed by atoms with Gasteiger partial charge in [0.25, 0.3) is 0 Å². The predicted molar refractivity (Wildman–Crippen MR) is 112 cm³/mol. The van der Waals surface area contributed by atoms with E-state index in [1.807, 2.05) is 18.2 Å². The molecular weight excluding hydrogens is 362 g/mol. The SMILES string of the molecule is CCCCCCOc1ccc(C=CC(=O)Nc2cccc(Cl)c2)cc1OC. The first-order valence-electron chi connectivity index (χ1n) is 9.18. The molecule has 27 heavy (non-hydrogen) atoms. The molecule has 0 fully saturated rings. The van der Waals surface area contributed by atoms with E-state index in [0.29, 0.717) is 23.1 Å². The quantitative estimate of drug-likeness (QED) is 0.404. The van der Waals surface area contributed by atoms with Crippen LogP contribution >= 0.6 is 11.6 Å². The van der Waals surface area contributed by atoms with Crippen LogP contribution in [0.4, 0.5) is 5.69 Å². The van der Waals surface area contributed by atoms with Crippen molar-refractivity contribution in [3.8, 4) is 11.5 Å². The first kappa shape index (κ1) is 20.8. The van der Waals surface area contributed by atoms with Gasteiger partial charge in [-0.15, -0.1) is 0 Å². The van der Waals surface area contributed by atoms with Gasteiger partial charge < -0.3 is 14.8 Å². The normalized spacial score (nSPS) is 10.8.